The summed E-state index contributed by atoms with van der Waals surface area (Å²) < 4.78 is 14.0. The molecule has 2 amide bonds. The fourth-order valence-electron chi connectivity index (χ4n) is 2.41. The number of quaternary nitrogens is 1. The summed E-state index contributed by atoms with van der Waals surface area (Å²) >= 11 is 0. The molecule has 0 bridgehead atoms. The maximum atomic E-state index is 13.1. The molecule has 0 saturated carbocycles. The van der Waals surface area contributed by atoms with Crippen molar-refractivity contribution in [2.75, 3.05) is 45.1 Å². The minimum atomic E-state index is -0.350. The van der Waals surface area contributed by atoms with Gasteiger partial charge >= 0.3 is 6.03 Å². The number of hydrogen-bond acceptors (Lipinski definition) is 1. The van der Waals surface area contributed by atoms with Crippen LogP contribution in [0.2, 0.25) is 0 Å². The van der Waals surface area contributed by atoms with E-state index in [-0.39, 0.29) is 11.8 Å². The summed E-state index contributed by atoms with van der Waals surface area (Å²) in [5.74, 6) is -0.350. The second kappa shape index (κ2) is 6.05. The molecule has 1 aliphatic heterocycles. The van der Waals surface area contributed by atoms with E-state index in [1.165, 1.54) is 12.1 Å². The van der Waals surface area contributed by atoms with Crippen molar-refractivity contribution in [2.45, 2.75) is 0 Å². The standard InChI is InChI=1S/C15H20FN3O/c1-3-9-19(2)10-7-18(8-11-19)15(20)17-14-6-4-5-13(16)12-14/h3-6,12H,1,7-11H2,2H3/p+1. The molecule has 1 aromatic carbocycles. The first-order chi connectivity index (χ1) is 9.52. The summed E-state index contributed by atoms with van der Waals surface area (Å²) in [6.07, 6.45) is 1.92. The molecule has 0 aromatic heterocycles. The Morgan fingerprint density at radius 2 is 2.20 bits per heavy atom. The lowest BCUT2D eigenvalue weighted by atomic mass is 10.2. The number of benzene rings is 1. The molecule has 2 rings (SSSR count). The molecule has 1 aromatic rings. The van der Waals surface area contributed by atoms with Gasteiger partial charge in [-0.1, -0.05) is 12.6 Å². The zero-order chi connectivity index (χ0) is 14.6. The van der Waals surface area contributed by atoms with Crippen LogP contribution >= 0.6 is 0 Å². The number of amides is 2. The van der Waals surface area contributed by atoms with Gasteiger partial charge in [-0.05, 0) is 24.3 Å². The summed E-state index contributed by atoms with van der Waals surface area (Å²) in [7, 11) is 2.17. The minimum Gasteiger partial charge on any atom is -0.320 e. The van der Waals surface area contributed by atoms with Crippen LogP contribution in [-0.4, -0.2) is 55.2 Å². The fraction of sp³-hybridized carbons (Fsp3) is 0.400. The van der Waals surface area contributed by atoms with Gasteiger partial charge < -0.3 is 14.7 Å². The highest BCUT2D eigenvalue weighted by molar-refractivity contribution is 5.89. The average Bonchev–Trinajstić information content (AvgIpc) is 2.39. The van der Waals surface area contributed by atoms with E-state index in [1.54, 1.807) is 17.0 Å². The number of likely N-dealkylation sites (N-methyl/N-ethyl adjacent to an activating group) is 1. The third-order valence-corrected chi connectivity index (χ3v) is 3.75. The Labute approximate surface area is 119 Å². The maximum Gasteiger partial charge on any atom is 0.322 e. The molecule has 0 aliphatic carbocycles. The van der Waals surface area contributed by atoms with Gasteiger partial charge in [-0.15, -0.1) is 0 Å². The molecule has 0 atom stereocenters. The van der Waals surface area contributed by atoms with Crippen molar-refractivity contribution in [3.63, 3.8) is 0 Å². The van der Waals surface area contributed by atoms with Crippen LogP contribution < -0.4 is 5.32 Å². The van der Waals surface area contributed by atoms with Crippen LogP contribution in [0, 0.1) is 5.82 Å². The number of nitrogens with zero attached hydrogens (tertiary/aromatic N) is 2. The van der Waals surface area contributed by atoms with Gasteiger partial charge in [0.15, 0.2) is 0 Å². The highest BCUT2D eigenvalue weighted by Gasteiger charge is 2.29. The SMILES string of the molecule is C=CC[N+]1(C)CCN(C(=O)Nc2cccc(F)c2)CC1. The van der Waals surface area contributed by atoms with Crippen molar-refractivity contribution in [3.05, 3.63) is 42.7 Å². The van der Waals surface area contributed by atoms with Gasteiger partial charge in [0.1, 0.15) is 5.82 Å². The number of nitrogens with one attached hydrogen (secondary N) is 1. The normalized spacial score (nSPS) is 17.6. The van der Waals surface area contributed by atoms with E-state index in [4.69, 9.17) is 0 Å². The highest BCUT2D eigenvalue weighted by Crippen LogP contribution is 2.13. The number of urea groups is 1. The van der Waals surface area contributed by atoms with Crippen molar-refractivity contribution in [1.29, 1.82) is 0 Å². The Morgan fingerprint density at radius 1 is 1.50 bits per heavy atom. The van der Waals surface area contributed by atoms with E-state index >= 15 is 0 Å². The smallest absolute Gasteiger partial charge is 0.320 e. The maximum absolute atomic E-state index is 13.1. The number of halogens is 1. The largest absolute Gasteiger partial charge is 0.322 e. The molecule has 4 nitrogen and oxygen atoms in total. The Morgan fingerprint density at radius 3 is 2.80 bits per heavy atom. The van der Waals surface area contributed by atoms with Crippen LogP contribution in [0.1, 0.15) is 0 Å². The number of rotatable bonds is 3. The second-order valence-electron chi connectivity index (χ2n) is 5.47. The predicted molar refractivity (Wildman–Crippen MR) is 78.0 cm³/mol. The molecule has 20 heavy (non-hydrogen) atoms. The quantitative estimate of drug-likeness (QED) is 0.668. The van der Waals surface area contributed by atoms with Crippen molar-refractivity contribution in [3.8, 4) is 0 Å². The van der Waals surface area contributed by atoms with E-state index < -0.39 is 0 Å². The summed E-state index contributed by atoms with van der Waals surface area (Å²) in [5, 5.41) is 2.73. The Kier molecular flexibility index (Phi) is 4.39. The number of carbonyl (C=O) groups is 1. The van der Waals surface area contributed by atoms with Gasteiger partial charge in [0.25, 0.3) is 0 Å². The molecule has 0 unspecified atom stereocenters. The second-order valence-corrected chi connectivity index (χ2v) is 5.47. The first-order valence-corrected chi connectivity index (χ1v) is 6.78. The van der Waals surface area contributed by atoms with Gasteiger partial charge in [0.05, 0.1) is 39.8 Å². The van der Waals surface area contributed by atoms with Gasteiger partial charge in [-0.25, -0.2) is 9.18 Å². The minimum absolute atomic E-state index is 0.166. The molecular weight excluding hydrogens is 257 g/mol. The van der Waals surface area contributed by atoms with Crippen LogP contribution in [0.5, 0.6) is 0 Å². The predicted octanol–water partition coefficient (Wildman–Crippen LogP) is 2.31. The lowest BCUT2D eigenvalue weighted by molar-refractivity contribution is -0.907. The van der Waals surface area contributed by atoms with Crippen LogP contribution in [0.4, 0.5) is 14.9 Å². The average molecular weight is 278 g/mol. The summed E-state index contributed by atoms with van der Waals surface area (Å²) in [6.45, 7) is 7.90. The van der Waals surface area contributed by atoms with Gasteiger partial charge in [-0.2, -0.15) is 0 Å². The van der Waals surface area contributed by atoms with E-state index in [1.807, 2.05) is 6.08 Å². The van der Waals surface area contributed by atoms with Gasteiger partial charge in [-0.3, -0.25) is 0 Å². The molecule has 1 saturated heterocycles. The third kappa shape index (κ3) is 3.57. The molecule has 0 radical (unpaired) electrons. The molecule has 108 valence electrons. The van der Waals surface area contributed by atoms with Crippen LogP contribution in [0.25, 0.3) is 0 Å². The number of piperazine rings is 1. The molecule has 1 N–H and O–H groups in total. The van der Waals surface area contributed by atoms with Gasteiger partial charge in [0.2, 0.25) is 0 Å². The zero-order valence-electron chi connectivity index (χ0n) is 11.8. The van der Waals surface area contributed by atoms with Crippen LogP contribution in [-0.2, 0) is 0 Å². The Hall–Kier alpha value is -1.88. The van der Waals surface area contributed by atoms with Crippen molar-refractivity contribution in [2.24, 2.45) is 0 Å². The summed E-state index contributed by atoms with van der Waals surface area (Å²) in [6, 6.07) is 5.77. The zero-order valence-corrected chi connectivity index (χ0v) is 11.8. The van der Waals surface area contributed by atoms with Gasteiger partial charge in [0, 0.05) is 5.69 Å². The molecule has 1 aliphatic rings. The summed E-state index contributed by atoms with van der Waals surface area (Å²) in [5.41, 5.74) is 0.490. The van der Waals surface area contributed by atoms with E-state index in [9.17, 15) is 9.18 Å². The first kappa shape index (κ1) is 14.5. The van der Waals surface area contributed by atoms with Crippen LogP contribution in [0.3, 0.4) is 0 Å². The number of carbonyl (C=O) groups excluding carboxylic acids is 1. The molecule has 5 heteroatoms. The molecule has 1 fully saturated rings. The molecular formula is C15H21FN3O+. The Balaban J connectivity index is 1.90. The highest BCUT2D eigenvalue weighted by atomic mass is 19.1. The van der Waals surface area contributed by atoms with E-state index in [0.29, 0.717) is 18.8 Å². The Bertz CT molecular complexity index is 496. The molecule has 0 spiro atoms. The number of hydrogen-bond donors (Lipinski definition) is 1. The van der Waals surface area contributed by atoms with Crippen molar-refractivity contribution in [1.82, 2.24) is 4.90 Å². The van der Waals surface area contributed by atoms with Crippen molar-refractivity contribution < 1.29 is 13.7 Å². The van der Waals surface area contributed by atoms with Crippen LogP contribution in [0.15, 0.2) is 36.9 Å². The molecule has 1 heterocycles. The van der Waals surface area contributed by atoms with E-state index in [2.05, 4.69) is 18.9 Å². The van der Waals surface area contributed by atoms with E-state index in [0.717, 1.165) is 24.1 Å². The summed E-state index contributed by atoms with van der Waals surface area (Å²) in [4.78, 5) is 13.9. The monoisotopic (exact) mass is 278 g/mol. The van der Waals surface area contributed by atoms with Crippen molar-refractivity contribution >= 4 is 11.7 Å². The topological polar surface area (TPSA) is 32.3 Å². The lowest BCUT2D eigenvalue weighted by Gasteiger charge is -2.41. The first-order valence-electron chi connectivity index (χ1n) is 6.78. The lowest BCUT2D eigenvalue weighted by Crippen LogP contribution is -2.58. The third-order valence-electron chi connectivity index (χ3n) is 3.75. The fourth-order valence-corrected chi connectivity index (χ4v) is 2.41. The number of anilines is 1.